The van der Waals surface area contributed by atoms with Crippen molar-refractivity contribution in [3.8, 4) is 0 Å². The van der Waals surface area contributed by atoms with Gasteiger partial charge in [-0.3, -0.25) is 9.36 Å². The third kappa shape index (κ3) is 5.84. The van der Waals surface area contributed by atoms with E-state index < -0.39 is 27.8 Å². The Morgan fingerprint density at radius 3 is 2.48 bits per heavy atom. The highest BCUT2D eigenvalue weighted by Crippen LogP contribution is 2.28. The summed E-state index contributed by atoms with van der Waals surface area (Å²) in [5.41, 5.74) is 1.00. The van der Waals surface area contributed by atoms with Gasteiger partial charge < -0.3 is 9.29 Å². The lowest BCUT2D eigenvalue weighted by Gasteiger charge is -2.26. The summed E-state index contributed by atoms with van der Waals surface area (Å²) in [5, 5.41) is 2.80. The Morgan fingerprint density at radius 1 is 1.21 bits per heavy atom. The number of benzene rings is 1. The molecule has 3 aromatic rings. The molecular formula is C24H31N3O4S2. The molecule has 0 fully saturated rings. The number of fused-ring (bicyclic) bond motifs is 1. The molecule has 0 bridgehead atoms. The number of aromatic nitrogens is 2. The first-order valence-corrected chi connectivity index (χ1v) is 12.9. The molecule has 2 atom stereocenters. The van der Waals surface area contributed by atoms with E-state index in [1.165, 1.54) is 22.1 Å². The van der Waals surface area contributed by atoms with Gasteiger partial charge in [0.25, 0.3) is 0 Å². The Hall–Kier alpha value is -2.20. The van der Waals surface area contributed by atoms with Crippen LogP contribution < -0.4 is 4.72 Å². The molecule has 0 aliphatic rings. The fraction of sp³-hybridized carbons (Fsp3) is 0.458. The van der Waals surface area contributed by atoms with E-state index in [1.54, 1.807) is 32.9 Å². The van der Waals surface area contributed by atoms with Crippen LogP contribution in [0, 0.1) is 0 Å². The van der Waals surface area contributed by atoms with Crippen molar-refractivity contribution in [1.29, 1.82) is 0 Å². The second-order valence-corrected chi connectivity index (χ2v) is 12.6. The van der Waals surface area contributed by atoms with Crippen LogP contribution in [0.1, 0.15) is 82.0 Å². The van der Waals surface area contributed by atoms with E-state index in [0.29, 0.717) is 33.6 Å². The lowest BCUT2D eigenvalue weighted by atomic mass is 10.1. The normalized spacial score (nSPS) is 14.3. The zero-order valence-electron chi connectivity index (χ0n) is 20.1. The molecule has 2 unspecified atom stereocenters. The highest BCUT2D eigenvalue weighted by atomic mass is 32.2. The molecule has 0 radical (unpaired) electrons. The Balaban J connectivity index is 1.93. The van der Waals surface area contributed by atoms with Gasteiger partial charge in [-0.1, -0.05) is 25.1 Å². The predicted octanol–water partition coefficient (Wildman–Crippen LogP) is 5.61. The number of nitrogens with zero attached hydrogens (tertiary/aromatic N) is 2. The molecule has 2 aromatic heterocycles. The lowest BCUT2D eigenvalue weighted by Crippen LogP contribution is -2.41. The van der Waals surface area contributed by atoms with E-state index in [-0.39, 0.29) is 11.8 Å². The molecule has 178 valence electrons. The first-order valence-electron chi connectivity index (χ1n) is 10.8. The van der Waals surface area contributed by atoms with Crippen LogP contribution in [0.5, 0.6) is 0 Å². The van der Waals surface area contributed by atoms with Gasteiger partial charge in [-0.15, -0.1) is 16.1 Å². The minimum absolute atomic E-state index is 0.231. The minimum atomic E-state index is -1.26. The average Bonchev–Trinajstić information content (AvgIpc) is 3.35. The van der Waals surface area contributed by atoms with Crippen LogP contribution in [0.25, 0.3) is 10.9 Å². The van der Waals surface area contributed by atoms with Crippen molar-refractivity contribution in [2.24, 2.45) is 0 Å². The summed E-state index contributed by atoms with van der Waals surface area (Å²) in [6.45, 7) is 13.1. The molecule has 0 spiro atoms. The number of para-hydroxylation sites is 1. The first-order chi connectivity index (χ1) is 15.3. The Kier molecular flexibility index (Phi) is 7.38. The summed E-state index contributed by atoms with van der Waals surface area (Å²) in [4.78, 5) is 30.7. The van der Waals surface area contributed by atoms with Crippen LogP contribution in [0.2, 0.25) is 0 Å². The molecule has 1 N–H and O–H groups in total. The van der Waals surface area contributed by atoms with E-state index >= 15 is 0 Å². The maximum Gasteiger partial charge on any atom is 0.419 e. The van der Waals surface area contributed by atoms with Gasteiger partial charge in [0.1, 0.15) is 10.3 Å². The summed E-state index contributed by atoms with van der Waals surface area (Å²) in [6.07, 6.45) is 1.65. The number of carbonyl (C=O) groups is 2. The fourth-order valence-electron chi connectivity index (χ4n) is 3.15. The molecular weight excluding hydrogens is 458 g/mol. The molecule has 0 amide bonds. The Labute approximate surface area is 201 Å². The number of carbonyl (C=O) groups excluding carboxylic acids is 2. The van der Waals surface area contributed by atoms with Crippen molar-refractivity contribution in [3.63, 3.8) is 0 Å². The van der Waals surface area contributed by atoms with Crippen LogP contribution in [-0.2, 0) is 16.1 Å². The first kappa shape index (κ1) is 25.4. The topological polar surface area (TPSA) is 96.3 Å². The number of ketones is 1. The number of rotatable bonds is 6. The molecule has 33 heavy (non-hydrogen) atoms. The zero-order chi connectivity index (χ0) is 24.6. The molecule has 7 nitrogen and oxygen atoms in total. The highest BCUT2D eigenvalue weighted by Gasteiger charge is 2.31. The third-order valence-electron chi connectivity index (χ3n) is 4.83. The molecule has 0 saturated heterocycles. The molecule has 3 rings (SSSR count). The summed E-state index contributed by atoms with van der Waals surface area (Å²) in [6, 6.07) is 6.99. The van der Waals surface area contributed by atoms with Gasteiger partial charge in [0.15, 0.2) is 5.01 Å². The van der Waals surface area contributed by atoms with Crippen molar-refractivity contribution < 1.29 is 18.9 Å². The summed E-state index contributed by atoms with van der Waals surface area (Å²) in [5.74, 6) is -0.267. The summed E-state index contributed by atoms with van der Waals surface area (Å²) >= 11 is -0.0174. The quantitative estimate of drug-likeness (QED) is 0.357. The number of hydrogen-bond acceptors (Lipinski definition) is 7. The van der Waals surface area contributed by atoms with Gasteiger partial charge in [0.05, 0.1) is 22.8 Å². The second-order valence-electron chi connectivity index (χ2n) is 9.78. The van der Waals surface area contributed by atoms with E-state index in [1.807, 2.05) is 45.2 Å². The number of hydrogen-bond donors (Lipinski definition) is 1. The highest BCUT2D eigenvalue weighted by molar-refractivity contribution is 7.90. The van der Waals surface area contributed by atoms with Crippen LogP contribution in [0.3, 0.4) is 0 Å². The molecule has 2 heterocycles. The van der Waals surface area contributed by atoms with Gasteiger partial charge in [-0.2, -0.15) is 0 Å². The third-order valence-corrected chi connectivity index (χ3v) is 7.30. The number of nitrogens with one attached hydrogen (secondary N) is 1. The zero-order valence-corrected chi connectivity index (χ0v) is 21.7. The van der Waals surface area contributed by atoms with Crippen molar-refractivity contribution in [2.75, 3.05) is 0 Å². The van der Waals surface area contributed by atoms with Crippen LogP contribution in [0.4, 0.5) is 4.79 Å². The minimum Gasteiger partial charge on any atom is -0.598 e. The number of ether oxygens (including phenoxy) is 1. The van der Waals surface area contributed by atoms with Gasteiger partial charge in [0, 0.05) is 28.3 Å². The Morgan fingerprint density at radius 2 is 1.88 bits per heavy atom. The van der Waals surface area contributed by atoms with Gasteiger partial charge in [-0.25, -0.2) is 9.78 Å². The Bertz CT molecular complexity index is 1150. The van der Waals surface area contributed by atoms with Gasteiger partial charge >= 0.3 is 6.09 Å². The van der Waals surface area contributed by atoms with E-state index in [2.05, 4.69) is 9.71 Å². The molecule has 0 aliphatic heterocycles. The second kappa shape index (κ2) is 9.58. The maximum absolute atomic E-state index is 13.4. The van der Waals surface area contributed by atoms with Crippen molar-refractivity contribution in [2.45, 2.75) is 71.3 Å². The van der Waals surface area contributed by atoms with Crippen LogP contribution in [-0.4, -0.2) is 36.3 Å². The largest absolute Gasteiger partial charge is 0.598 e. The van der Waals surface area contributed by atoms with E-state index in [9.17, 15) is 14.1 Å². The van der Waals surface area contributed by atoms with Crippen molar-refractivity contribution in [3.05, 3.63) is 52.1 Å². The van der Waals surface area contributed by atoms with E-state index in [4.69, 9.17) is 4.74 Å². The molecule has 1 aromatic carbocycles. The maximum atomic E-state index is 13.4. The fourth-order valence-corrected chi connectivity index (χ4v) is 4.87. The van der Waals surface area contributed by atoms with E-state index in [0.717, 1.165) is 0 Å². The van der Waals surface area contributed by atoms with Crippen molar-refractivity contribution in [1.82, 2.24) is 14.3 Å². The molecule has 0 aliphatic carbocycles. The SMILES string of the molecule is CCC(N[S+]([O-])C(C)(C)C)c1csc(C(=O)c2cn(C(=O)OC(C)(C)C)c3ccccc23)n1. The van der Waals surface area contributed by atoms with Gasteiger partial charge in [-0.05, 0) is 54.0 Å². The predicted molar refractivity (Wildman–Crippen MR) is 133 cm³/mol. The summed E-state index contributed by atoms with van der Waals surface area (Å²) in [7, 11) is 0. The standard InChI is InChI=1S/C24H31N3O4S2/c1-8-17(26-33(30)24(5,6)7)18-14-32-21(25-18)20(28)16-13-27(22(29)31-23(2,3)4)19-12-10-9-11-15(16)19/h9-14,17,26H,8H2,1-7H3. The smallest absolute Gasteiger partial charge is 0.419 e. The molecule has 0 saturated carbocycles. The number of thiazole rings is 1. The van der Waals surface area contributed by atoms with Crippen LogP contribution in [0.15, 0.2) is 35.8 Å². The monoisotopic (exact) mass is 489 g/mol. The average molecular weight is 490 g/mol. The summed E-state index contributed by atoms with van der Waals surface area (Å²) < 4.78 is 22.1. The van der Waals surface area contributed by atoms with Gasteiger partial charge in [0.2, 0.25) is 5.78 Å². The lowest BCUT2D eigenvalue weighted by molar-refractivity contribution is 0.0544. The van der Waals surface area contributed by atoms with Crippen LogP contribution >= 0.6 is 11.3 Å². The molecule has 9 heteroatoms. The van der Waals surface area contributed by atoms with Crippen molar-refractivity contribution >= 4 is 45.5 Å².